The van der Waals surface area contributed by atoms with Crippen LogP contribution in [0.1, 0.15) is 67.1 Å². The lowest BCUT2D eigenvalue weighted by atomic mass is 10.0. The minimum atomic E-state index is -2.83. The summed E-state index contributed by atoms with van der Waals surface area (Å²) in [7, 11) is 0. The molecular weight excluding hydrogens is 268 g/mol. The molecular formula is C14H17F2NO3. The van der Waals surface area contributed by atoms with Gasteiger partial charge in [0.2, 0.25) is 5.76 Å². The molecule has 0 N–H and O–H groups in total. The number of alkyl halides is 2. The van der Waals surface area contributed by atoms with Crippen molar-refractivity contribution in [3.63, 3.8) is 0 Å². The van der Waals surface area contributed by atoms with Gasteiger partial charge in [-0.2, -0.15) is 0 Å². The lowest BCUT2D eigenvalue weighted by Crippen LogP contribution is -2.06. The lowest BCUT2D eigenvalue weighted by Gasteiger charge is -2.04. The summed E-state index contributed by atoms with van der Waals surface area (Å²) in [6.45, 7) is 1.74. The molecule has 0 amide bonds. The number of hydrogen-bond donors (Lipinski definition) is 0. The zero-order chi connectivity index (χ0) is 14.3. The number of esters is 1. The Morgan fingerprint density at radius 3 is 2.60 bits per heavy atom. The first kappa shape index (κ1) is 13.5. The van der Waals surface area contributed by atoms with E-state index in [-0.39, 0.29) is 12.5 Å². The normalized spacial score (nSPS) is 28.3. The second-order valence-corrected chi connectivity index (χ2v) is 5.43. The molecule has 1 heterocycles. The first-order valence-electron chi connectivity index (χ1n) is 7.09. The molecule has 2 aliphatic rings. The van der Waals surface area contributed by atoms with Crippen LogP contribution in [-0.4, -0.2) is 17.6 Å². The maximum absolute atomic E-state index is 13.0. The van der Waals surface area contributed by atoms with Gasteiger partial charge in [0, 0.05) is 5.92 Å². The van der Waals surface area contributed by atoms with Crippen LogP contribution < -0.4 is 0 Å². The Hall–Kier alpha value is -1.46. The number of carbonyl (C=O) groups is 1. The Morgan fingerprint density at radius 2 is 2.05 bits per heavy atom. The predicted molar refractivity (Wildman–Crippen MR) is 65.6 cm³/mol. The van der Waals surface area contributed by atoms with Crippen LogP contribution in [0.3, 0.4) is 0 Å². The first-order chi connectivity index (χ1) is 9.63. The average Bonchev–Trinajstić information content (AvgIpc) is 2.98. The molecule has 2 saturated carbocycles. The van der Waals surface area contributed by atoms with Crippen molar-refractivity contribution in [1.82, 2.24) is 4.98 Å². The van der Waals surface area contributed by atoms with Gasteiger partial charge in [-0.3, -0.25) is 0 Å². The topological polar surface area (TPSA) is 52.3 Å². The van der Waals surface area contributed by atoms with Crippen molar-refractivity contribution < 1.29 is 22.7 Å². The summed E-state index contributed by atoms with van der Waals surface area (Å²) < 4.78 is 36.0. The fourth-order valence-corrected chi connectivity index (χ4v) is 3.34. The molecule has 2 aliphatic carbocycles. The smallest absolute Gasteiger partial charge is 0.376 e. The molecule has 0 aliphatic heterocycles. The Labute approximate surface area is 115 Å². The molecule has 4 nitrogen and oxygen atoms in total. The van der Waals surface area contributed by atoms with E-state index in [4.69, 9.17) is 9.15 Å². The summed E-state index contributed by atoms with van der Waals surface area (Å²) in [5.74, 6) is 0.0926. The third-order valence-corrected chi connectivity index (χ3v) is 4.28. The van der Waals surface area contributed by atoms with Gasteiger partial charge in [0.25, 0.3) is 6.43 Å². The number of rotatable bonds is 4. The minimum absolute atomic E-state index is 0.109. The SMILES string of the molecule is CCOC(=O)c1oc(C2C3CCCCC32)nc1C(F)F. The Bertz CT molecular complexity index is 503. The van der Waals surface area contributed by atoms with E-state index in [9.17, 15) is 13.6 Å². The highest BCUT2D eigenvalue weighted by molar-refractivity contribution is 5.87. The number of aromatic nitrogens is 1. The van der Waals surface area contributed by atoms with E-state index < -0.39 is 23.8 Å². The minimum Gasteiger partial charge on any atom is -0.460 e. The Kier molecular flexibility index (Phi) is 3.48. The molecule has 0 bridgehead atoms. The number of oxazole rings is 1. The number of hydrogen-bond acceptors (Lipinski definition) is 4. The summed E-state index contributed by atoms with van der Waals surface area (Å²) in [6.07, 6.45) is 1.70. The van der Waals surface area contributed by atoms with Crippen molar-refractivity contribution in [2.75, 3.05) is 6.61 Å². The summed E-state index contributed by atoms with van der Waals surface area (Å²) in [6, 6.07) is 0. The van der Waals surface area contributed by atoms with Crippen LogP contribution in [0, 0.1) is 11.8 Å². The quantitative estimate of drug-likeness (QED) is 0.792. The van der Waals surface area contributed by atoms with Crippen LogP contribution in [0.5, 0.6) is 0 Å². The van der Waals surface area contributed by atoms with E-state index in [0.29, 0.717) is 17.7 Å². The largest absolute Gasteiger partial charge is 0.460 e. The van der Waals surface area contributed by atoms with E-state index in [0.717, 1.165) is 12.8 Å². The van der Waals surface area contributed by atoms with Crippen molar-refractivity contribution in [3.05, 3.63) is 17.3 Å². The Balaban J connectivity index is 1.86. The van der Waals surface area contributed by atoms with Gasteiger partial charge >= 0.3 is 5.97 Å². The second kappa shape index (κ2) is 5.14. The number of nitrogens with zero attached hydrogens (tertiary/aromatic N) is 1. The summed E-state index contributed by atoms with van der Waals surface area (Å²) >= 11 is 0. The van der Waals surface area contributed by atoms with Gasteiger partial charge in [-0.1, -0.05) is 12.8 Å². The maximum Gasteiger partial charge on any atom is 0.376 e. The van der Waals surface area contributed by atoms with Crippen LogP contribution in [0.15, 0.2) is 4.42 Å². The zero-order valence-corrected chi connectivity index (χ0v) is 11.3. The van der Waals surface area contributed by atoms with Crippen LogP contribution >= 0.6 is 0 Å². The molecule has 1 aromatic heterocycles. The van der Waals surface area contributed by atoms with E-state index >= 15 is 0 Å². The van der Waals surface area contributed by atoms with Crippen molar-refractivity contribution in [3.8, 4) is 0 Å². The fraction of sp³-hybridized carbons (Fsp3) is 0.714. The van der Waals surface area contributed by atoms with Crippen LogP contribution in [0.25, 0.3) is 0 Å². The van der Waals surface area contributed by atoms with Gasteiger partial charge < -0.3 is 9.15 Å². The molecule has 0 radical (unpaired) electrons. The third kappa shape index (κ3) is 2.21. The van der Waals surface area contributed by atoms with Crippen LogP contribution in [0.4, 0.5) is 8.78 Å². The molecule has 2 fully saturated rings. The number of fused-ring (bicyclic) bond motifs is 1. The van der Waals surface area contributed by atoms with Crippen molar-refractivity contribution in [2.45, 2.75) is 45.0 Å². The van der Waals surface area contributed by atoms with Gasteiger partial charge in [0.05, 0.1) is 6.61 Å². The Morgan fingerprint density at radius 1 is 1.40 bits per heavy atom. The number of carbonyl (C=O) groups excluding carboxylic acids is 1. The molecule has 2 atom stereocenters. The molecule has 0 saturated heterocycles. The van der Waals surface area contributed by atoms with Crippen molar-refractivity contribution in [1.29, 1.82) is 0 Å². The highest BCUT2D eigenvalue weighted by Crippen LogP contribution is 2.61. The van der Waals surface area contributed by atoms with Gasteiger partial charge in [-0.15, -0.1) is 0 Å². The highest BCUT2D eigenvalue weighted by atomic mass is 19.3. The molecule has 6 heteroatoms. The maximum atomic E-state index is 13.0. The molecule has 0 aromatic carbocycles. The van der Waals surface area contributed by atoms with Crippen molar-refractivity contribution in [2.24, 2.45) is 11.8 Å². The number of ether oxygens (including phenoxy) is 1. The number of halogens is 2. The monoisotopic (exact) mass is 285 g/mol. The summed E-state index contributed by atoms with van der Waals surface area (Å²) in [5.41, 5.74) is -0.581. The van der Waals surface area contributed by atoms with E-state index in [2.05, 4.69) is 4.98 Å². The second-order valence-electron chi connectivity index (χ2n) is 5.43. The highest BCUT2D eigenvalue weighted by Gasteiger charge is 2.54. The fourth-order valence-electron chi connectivity index (χ4n) is 3.34. The molecule has 110 valence electrons. The lowest BCUT2D eigenvalue weighted by molar-refractivity contribution is 0.0473. The van der Waals surface area contributed by atoms with E-state index in [1.54, 1.807) is 6.92 Å². The van der Waals surface area contributed by atoms with Crippen LogP contribution in [0.2, 0.25) is 0 Å². The molecule has 0 spiro atoms. The molecule has 2 unspecified atom stereocenters. The zero-order valence-electron chi connectivity index (χ0n) is 11.3. The van der Waals surface area contributed by atoms with Gasteiger partial charge in [0.1, 0.15) is 0 Å². The predicted octanol–water partition coefficient (Wildman–Crippen LogP) is 3.69. The van der Waals surface area contributed by atoms with E-state index in [1.165, 1.54) is 12.8 Å². The average molecular weight is 285 g/mol. The molecule has 1 aromatic rings. The van der Waals surface area contributed by atoms with Crippen LogP contribution in [-0.2, 0) is 4.74 Å². The standard InChI is InChI=1S/C14H17F2NO3/c1-2-19-14(18)11-10(12(15)16)17-13(20-11)9-7-5-3-4-6-8(7)9/h7-9,12H,2-6H2,1H3. The first-order valence-corrected chi connectivity index (χ1v) is 7.09. The van der Waals surface area contributed by atoms with E-state index in [1.807, 2.05) is 0 Å². The third-order valence-electron chi connectivity index (χ3n) is 4.28. The summed E-state index contributed by atoms with van der Waals surface area (Å²) in [4.78, 5) is 15.5. The van der Waals surface area contributed by atoms with Gasteiger partial charge in [-0.25, -0.2) is 18.6 Å². The molecule has 20 heavy (non-hydrogen) atoms. The molecule has 3 rings (SSSR count). The van der Waals surface area contributed by atoms with Gasteiger partial charge in [0.15, 0.2) is 11.6 Å². The summed E-state index contributed by atoms with van der Waals surface area (Å²) in [5, 5.41) is 0. The van der Waals surface area contributed by atoms with Crippen molar-refractivity contribution >= 4 is 5.97 Å². The van der Waals surface area contributed by atoms with Gasteiger partial charge in [-0.05, 0) is 31.6 Å².